The summed E-state index contributed by atoms with van der Waals surface area (Å²) in [5.74, 6) is 0. The molecule has 0 saturated carbocycles. The first-order valence-corrected chi connectivity index (χ1v) is 5.68. The Balaban J connectivity index is 0.00000144. The van der Waals surface area contributed by atoms with E-state index in [4.69, 9.17) is 0 Å². The maximum atomic E-state index is 11.5. The van der Waals surface area contributed by atoms with Crippen molar-refractivity contribution >= 4 is 24.1 Å². The second-order valence-corrected chi connectivity index (χ2v) is 3.99. The van der Waals surface area contributed by atoms with Crippen molar-refractivity contribution in [1.82, 2.24) is 10.6 Å². The fourth-order valence-electron chi connectivity index (χ4n) is 1.84. The van der Waals surface area contributed by atoms with Crippen molar-refractivity contribution in [2.75, 3.05) is 18.4 Å². The zero-order valence-corrected chi connectivity index (χ0v) is 10.4. The minimum Gasteiger partial charge on any atom is -0.336 e. The van der Waals surface area contributed by atoms with Gasteiger partial charge >= 0.3 is 6.03 Å². The minimum atomic E-state index is -0.139. The van der Waals surface area contributed by atoms with Gasteiger partial charge in [-0.3, -0.25) is 0 Å². The molecule has 5 heteroatoms. The van der Waals surface area contributed by atoms with Crippen LogP contribution >= 0.6 is 12.4 Å². The summed E-state index contributed by atoms with van der Waals surface area (Å²) in [7, 11) is 0. The van der Waals surface area contributed by atoms with E-state index in [-0.39, 0.29) is 18.4 Å². The van der Waals surface area contributed by atoms with Gasteiger partial charge in [-0.1, -0.05) is 18.2 Å². The topological polar surface area (TPSA) is 53.2 Å². The van der Waals surface area contributed by atoms with Gasteiger partial charge in [0.2, 0.25) is 0 Å². The van der Waals surface area contributed by atoms with Gasteiger partial charge < -0.3 is 16.0 Å². The summed E-state index contributed by atoms with van der Waals surface area (Å²) >= 11 is 0. The lowest BCUT2D eigenvalue weighted by Crippen LogP contribution is -2.39. The highest BCUT2D eigenvalue weighted by molar-refractivity contribution is 5.89. The molecule has 1 aliphatic heterocycles. The van der Waals surface area contributed by atoms with Gasteiger partial charge in [-0.05, 0) is 31.5 Å². The molecule has 1 aromatic rings. The molecule has 0 unspecified atom stereocenters. The molecule has 2 amide bonds. The quantitative estimate of drug-likeness (QED) is 0.774. The van der Waals surface area contributed by atoms with Gasteiger partial charge in [-0.15, -0.1) is 12.4 Å². The van der Waals surface area contributed by atoms with Gasteiger partial charge in [0.05, 0.1) is 0 Å². The first kappa shape index (κ1) is 13.8. The van der Waals surface area contributed by atoms with Crippen molar-refractivity contribution in [2.24, 2.45) is 0 Å². The van der Waals surface area contributed by atoms with Crippen molar-refractivity contribution in [1.29, 1.82) is 0 Å². The summed E-state index contributed by atoms with van der Waals surface area (Å²) < 4.78 is 0. The third-order valence-corrected chi connectivity index (χ3v) is 2.70. The summed E-state index contributed by atoms with van der Waals surface area (Å²) in [6.07, 6.45) is 2.35. The van der Waals surface area contributed by atoms with E-state index < -0.39 is 0 Å². The van der Waals surface area contributed by atoms with Crippen LogP contribution in [0.25, 0.3) is 0 Å². The molecule has 1 aliphatic rings. The number of nitrogens with one attached hydrogen (secondary N) is 3. The summed E-state index contributed by atoms with van der Waals surface area (Å²) in [6.45, 7) is 1.76. The molecule has 0 spiro atoms. The molecule has 1 atom stereocenters. The second kappa shape index (κ2) is 7.14. The van der Waals surface area contributed by atoms with E-state index in [1.165, 1.54) is 6.42 Å². The van der Waals surface area contributed by atoms with Crippen LogP contribution in [0.2, 0.25) is 0 Å². The molecule has 2 rings (SSSR count). The van der Waals surface area contributed by atoms with E-state index in [9.17, 15) is 4.79 Å². The zero-order valence-electron chi connectivity index (χ0n) is 9.61. The minimum absolute atomic E-state index is 0. The van der Waals surface area contributed by atoms with Crippen molar-refractivity contribution in [3.63, 3.8) is 0 Å². The molecule has 1 aromatic carbocycles. The summed E-state index contributed by atoms with van der Waals surface area (Å²) in [5, 5.41) is 8.98. The molecule has 1 heterocycles. The molecule has 0 aromatic heterocycles. The van der Waals surface area contributed by atoms with E-state index in [0.717, 1.165) is 18.7 Å². The Bertz CT molecular complexity index is 339. The van der Waals surface area contributed by atoms with Crippen molar-refractivity contribution in [3.8, 4) is 0 Å². The fourth-order valence-corrected chi connectivity index (χ4v) is 1.84. The SMILES string of the molecule is Cl.O=C(NC[C@@H]1CCCN1)Nc1ccccc1. The number of para-hydroxylation sites is 1. The number of hydrogen-bond donors (Lipinski definition) is 3. The largest absolute Gasteiger partial charge is 0.336 e. The van der Waals surface area contributed by atoms with Gasteiger partial charge in [0, 0.05) is 18.3 Å². The zero-order chi connectivity index (χ0) is 11.2. The molecule has 3 N–H and O–H groups in total. The van der Waals surface area contributed by atoms with Crippen molar-refractivity contribution in [2.45, 2.75) is 18.9 Å². The number of carbonyl (C=O) groups is 1. The summed E-state index contributed by atoms with van der Waals surface area (Å²) in [5.41, 5.74) is 0.819. The van der Waals surface area contributed by atoms with Gasteiger partial charge in [0.25, 0.3) is 0 Å². The van der Waals surface area contributed by atoms with E-state index in [1.54, 1.807) is 0 Å². The number of hydrogen-bond acceptors (Lipinski definition) is 2. The highest BCUT2D eigenvalue weighted by Crippen LogP contribution is 2.05. The molecule has 0 aliphatic carbocycles. The first-order chi connectivity index (χ1) is 7.84. The smallest absolute Gasteiger partial charge is 0.319 e. The lowest BCUT2D eigenvalue weighted by molar-refractivity contribution is 0.251. The van der Waals surface area contributed by atoms with Gasteiger partial charge in [0.15, 0.2) is 0 Å². The summed E-state index contributed by atoms with van der Waals surface area (Å²) in [6, 6.07) is 9.75. The molecular weight excluding hydrogens is 238 g/mol. The Morgan fingerprint density at radius 2 is 2.12 bits per heavy atom. The molecule has 1 fully saturated rings. The Morgan fingerprint density at radius 1 is 1.35 bits per heavy atom. The van der Waals surface area contributed by atoms with Crippen LogP contribution in [0.3, 0.4) is 0 Å². The second-order valence-electron chi connectivity index (χ2n) is 3.99. The Kier molecular flexibility index (Phi) is 5.80. The molecular formula is C12H18ClN3O. The fraction of sp³-hybridized carbons (Fsp3) is 0.417. The van der Waals surface area contributed by atoms with E-state index in [0.29, 0.717) is 12.6 Å². The number of carbonyl (C=O) groups excluding carboxylic acids is 1. The van der Waals surface area contributed by atoms with Crippen LogP contribution in [0.1, 0.15) is 12.8 Å². The maximum absolute atomic E-state index is 11.5. The summed E-state index contributed by atoms with van der Waals surface area (Å²) in [4.78, 5) is 11.5. The molecule has 4 nitrogen and oxygen atoms in total. The van der Waals surface area contributed by atoms with E-state index in [2.05, 4.69) is 16.0 Å². The third kappa shape index (κ3) is 4.63. The third-order valence-electron chi connectivity index (χ3n) is 2.70. The van der Waals surface area contributed by atoms with E-state index in [1.807, 2.05) is 30.3 Å². The van der Waals surface area contributed by atoms with Gasteiger partial charge in [-0.25, -0.2) is 4.79 Å². The Morgan fingerprint density at radius 3 is 2.76 bits per heavy atom. The standard InChI is InChI=1S/C12H17N3O.ClH/c16-12(14-9-11-7-4-8-13-11)15-10-5-2-1-3-6-10;/h1-3,5-6,11,13H,4,7-9H2,(H2,14,15,16);1H/t11-;/m0./s1. The normalized spacial score (nSPS) is 18.2. The van der Waals surface area contributed by atoms with E-state index >= 15 is 0 Å². The predicted molar refractivity (Wildman–Crippen MR) is 71.7 cm³/mol. The number of amides is 2. The van der Waals surface area contributed by atoms with Gasteiger partial charge in [0.1, 0.15) is 0 Å². The van der Waals surface area contributed by atoms with Crippen molar-refractivity contribution < 1.29 is 4.79 Å². The predicted octanol–water partition coefficient (Wildman–Crippen LogP) is 1.98. The van der Waals surface area contributed by atoms with Crippen LogP contribution in [-0.2, 0) is 0 Å². The lowest BCUT2D eigenvalue weighted by atomic mass is 10.2. The molecule has 1 saturated heterocycles. The van der Waals surface area contributed by atoms with Crippen LogP contribution in [0.15, 0.2) is 30.3 Å². The van der Waals surface area contributed by atoms with Crippen LogP contribution < -0.4 is 16.0 Å². The average molecular weight is 256 g/mol. The highest BCUT2D eigenvalue weighted by atomic mass is 35.5. The number of halogens is 1. The monoisotopic (exact) mass is 255 g/mol. The Hall–Kier alpha value is -1.26. The molecule has 0 radical (unpaired) electrons. The maximum Gasteiger partial charge on any atom is 0.319 e. The molecule has 17 heavy (non-hydrogen) atoms. The van der Waals surface area contributed by atoms with Crippen LogP contribution in [0.4, 0.5) is 10.5 Å². The molecule has 0 bridgehead atoms. The number of urea groups is 1. The number of benzene rings is 1. The number of rotatable bonds is 3. The van der Waals surface area contributed by atoms with Crippen LogP contribution in [0, 0.1) is 0 Å². The van der Waals surface area contributed by atoms with Gasteiger partial charge in [-0.2, -0.15) is 0 Å². The number of anilines is 1. The van der Waals surface area contributed by atoms with Crippen LogP contribution in [-0.4, -0.2) is 25.2 Å². The van der Waals surface area contributed by atoms with Crippen LogP contribution in [0.5, 0.6) is 0 Å². The lowest BCUT2D eigenvalue weighted by Gasteiger charge is -2.12. The first-order valence-electron chi connectivity index (χ1n) is 5.68. The van der Waals surface area contributed by atoms with Crippen molar-refractivity contribution in [3.05, 3.63) is 30.3 Å². The average Bonchev–Trinajstić information content (AvgIpc) is 2.81. The molecule has 94 valence electrons. The Labute approximate surface area is 108 Å². The highest BCUT2D eigenvalue weighted by Gasteiger charge is 2.14.